The Labute approximate surface area is 121 Å². The molecule has 0 aliphatic carbocycles. The molecule has 1 aliphatic heterocycles. The quantitative estimate of drug-likeness (QED) is 0.859. The standard InChI is InChI=1S/C14H20N2O2.C2H6/c1-2-18-14(17)13(11-6-4-3-5-7-11)16-9-8-12(15)10-16;1-2/h3-7,12-13H,2,8-10,15H2,1H3;1-2H3. The van der Waals surface area contributed by atoms with Gasteiger partial charge < -0.3 is 10.5 Å². The van der Waals surface area contributed by atoms with E-state index in [0.717, 1.165) is 25.1 Å². The van der Waals surface area contributed by atoms with Gasteiger partial charge in [0.1, 0.15) is 6.04 Å². The first-order valence-corrected chi connectivity index (χ1v) is 7.43. The molecule has 0 bridgehead atoms. The zero-order chi connectivity index (χ0) is 15.0. The summed E-state index contributed by atoms with van der Waals surface area (Å²) >= 11 is 0. The first-order chi connectivity index (χ1) is 9.72. The Hall–Kier alpha value is -1.39. The maximum absolute atomic E-state index is 12.1. The molecule has 20 heavy (non-hydrogen) atoms. The summed E-state index contributed by atoms with van der Waals surface area (Å²) in [5.74, 6) is -0.183. The van der Waals surface area contributed by atoms with E-state index in [1.807, 2.05) is 51.1 Å². The highest BCUT2D eigenvalue weighted by atomic mass is 16.5. The van der Waals surface area contributed by atoms with E-state index in [4.69, 9.17) is 10.5 Å². The van der Waals surface area contributed by atoms with E-state index in [-0.39, 0.29) is 18.1 Å². The van der Waals surface area contributed by atoms with Gasteiger partial charge in [0.15, 0.2) is 0 Å². The highest BCUT2D eigenvalue weighted by Gasteiger charge is 2.33. The molecule has 0 radical (unpaired) electrons. The molecule has 2 unspecified atom stereocenters. The highest BCUT2D eigenvalue weighted by molar-refractivity contribution is 5.77. The van der Waals surface area contributed by atoms with Gasteiger partial charge in [-0.2, -0.15) is 0 Å². The molecule has 1 aromatic rings. The van der Waals surface area contributed by atoms with Gasteiger partial charge >= 0.3 is 5.97 Å². The van der Waals surface area contributed by atoms with Crippen LogP contribution in [0.25, 0.3) is 0 Å². The van der Waals surface area contributed by atoms with Crippen molar-refractivity contribution in [2.75, 3.05) is 19.7 Å². The number of nitrogens with two attached hydrogens (primary N) is 1. The maximum Gasteiger partial charge on any atom is 0.328 e. The number of benzene rings is 1. The molecule has 112 valence electrons. The van der Waals surface area contributed by atoms with Gasteiger partial charge in [0.25, 0.3) is 0 Å². The monoisotopic (exact) mass is 278 g/mol. The average Bonchev–Trinajstić information content (AvgIpc) is 2.89. The molecule has 1 saturated heterocycles. The van der Waals surface area contributed by atoms with Crippen molar-refractivity contribution in [3.05, 3.63) is 35.9 Å². The third-order valence-corrected chi connectivity index (χ3v) is 3.25. The molecule has 1 heterocycles. The molecular weight excluding hydrogens is 252 g/mol. The molecule has 1 fully saturated rings. The lowest BCUT2D eigenvalue weighted by Crippen LogP contribution is -2.35. The van der Waals surface area contributed by atoms with Crippen LogP contribution < -0.4 is 5.73 Å². The fourth-order valence-electron chi connectivity index (χ4n) is 2.40. The Kier molecular flexibility index (Phi) is 7.26. The molecule has 0 aromatic heterocycles. The predicted octanol–water partition coefficient (Wildman–Crippen LogP) is 2.35. The predicted molar refractivity (Wildman–Crippen MR) is 81.3 cm³/mol. The number of hydrogen-bond donors (Lipinski definition) is 1. The summed E-state index contributed by atoms with van der Waals surface area (Å²) in [7, 11) is 0. The molecule has 1 aliphatic rings. The Morgan fingerprint density at radius 2 is 2.05 bits per heavy atom. The van der Waals surface area contributed by atoms with Gasteiger partial charge in [-0.1, -0.05) is 44.2 Å². The van der Waals surface area contributed by atoms with Crippen molar-refractivity contribution in [3.63, 3.8) is 0 Å². The topological polar surface area (TPSA) is 55.6 Å². The normalized spacial score (nSPS) is 19.9. The maximum atomic E-state index is 12.1. The molecule has 2 atom stereocenters. The first-order valence-electron chi connectivity index (χ1n) is 7.43. The molecule has 0 saturated carbocycles. The lowest BCUT2D eigenvalue weighted by atomic mass is 10.1. The van der Waals surface area contributed by atoms with E-state index < -0.39 is 0 Å². The molecule has 2 N–H and O–H groups in total. The van der Waals surface area contributed by atoms with Gasteiger partial charge in [0.2, 0.25) is 0 Å². The van der Waals surface area contributed by atoms with Gasteiger partial charge in [-0.25, -0.2) is 4.79 Å². The van der Waals surface area contributed by atoms with Gasteiger partial charge in [-0.3, -0.25) is 4.90 Å². The van der Waals surface area contributed by atoms with E-state index in [9.17, 15) is 4.79 Å². The third kappa shape index (κ3) is 4.32. The fraction of sp³-hybridized carbons (Fsp3) is 0.562. The number of nitrogens with zero attached hydrogens (tertiary/aromatic N) is 1. The van der Waals surface area contributed by atoms with Crippen LogP contribution in [0, 0.1) is 0 Å². The zero-order valence-corrected chi connectivity index (χ0v) is 12.7. The van der Waals surface area contributed by atoms with E-state index in [0.29, 0.717) is 6.61 Å². The number of rotatable bonds is 4. The Morgan fingerprint density at radius 3 is 2.55 bits per heavy atom. The van der Waals surface area contributed by atoms with Crippen molar-refractivity contribution in [3.8, 4) is 0 Å². The summed E-state index contributed by atoms with van der Waals surface area (Å²) < 4.78 is 5.18. The third-order valence-electron chi connectivity index (χ3n) is 3.25. The van der Waals surface area contributed by atoms with Crippen LogP contribution in [0.5, 0.6) is 0 Å². The molecule has 0 amide bonds. The summed E-state index contributed by atoms with van der Waals surface area (Å²) in [6.45, 7) is 7.83. The lowest BCUT2D eigenvalue weighted by molar-refractivity contribution is -0.149. The van der Waals surface area contributed by atoms with Crippen molar-refractivity contribution in [1.82, 2.24) is 4.90 Å². The number of esters is 1. The first kappa shape index (κ1) is 16.7. The largest absolute Gasteiger partial charge is 0.465 e. The number of hydrogen-bond acceptors (Lipinski definition) is 4. The number of likely N-dealkylation sites (tertiary alicyclic amines) is 1. The smallest absolute Gasteiger partial charge is 0.328 e. The molecule has 0 spiro atoms. The summed E-state index contributed by atoms with van der Waals surface area (Å²) in [6.07, 6.45) is 0.933. The van der Waals surface area contributed by atoms with Gasteiger partial charge in [-0.05, 0) is 18.9 Å². The summed E-state index contributed by atoms with van der Waals surface area (Å²) in [4.78, 5) is 14.2. The second kappa shape index (κ2) is 8.72. The van der Waals surface area contributed by atoms with Crippen LogP contribution in [0.15, 0.2) is 30.3 Å². The Balaban J connectivity index is 0.000000956. The van der Waals surface area contributed by atoms with Crippen LogP contribution in [0.4, 0.5) is 0 Å². The molecular formula is C16H26N2O2. The second-order valence-electron chi connectivity index (χ2n) is 4.61. The minimum Gasteiger partial charge on any atom is -0.465 e. The van der Waals surface area contributed by atoms with Crippen molar-refractivity contribution >= 4 is 5.97 Å². The van der Waals surface area contributed by atoms with E-state index in [2.05, 4.69) is 4.90 Å². The van der Waals surface area contributed by atoms with Gasteiger partial charge in [0, 0.05) is 19.1 Å². The number of carbonyl (C=O) groups excluding carboxylic acids is 1. The van der Waals surface area contributed by atoms with E-state index in [1.165, 1.54) is 0 Å². The van der Waals surface area contributed by atoms with Crippen LogP contribution >= 0.6 is 0 Å². The number of ether oxygens (including phenoxy) is 1. The van der Waals surface area contributed by atoms with E-state index >= 15 is 0 Å². The minimum absolute atomic E-state index is 0.158. The Bertz CT molecular complexity index is 395. The second-order valence-corrected chi connectivity index (χ2v) is 4.61. The average molecular weight is 278 g/mol. The van der Waals surface area contributed by atoms with Crippen molar-refractivity contribution < 1.29 is 9.53 Å². The van der Waals surface area contributed by atoms with Gasteiger partial charge in [0.05, 0.1) is 6.61 Å². The number of carbonyl (C=O) groups is 1. The van der Waals surface area contributed by atoms with Crippen LogP contribution in [-0.4, -0.2) is 36.6 Å². The van der Waals surface area contributed by atoms with Crippen LogP contribution in [0.3, 0.4) is 0 Å². The Morgan fingerprint density at radius 1 is 1.40 bits per heavy atom. The van der Waals surface area contributed by atoms with Crippen LogP contribution in [0.1, 0.15) is 38.8 Å². The highest BCUT2D eigenvalue weighted by Crippen LogP contribution is 2.25. The van der Waals surface area contributed by atoms with Crippen molar-refractivity contribution in [2.45, 2.75) is 39.3 Å². The van der Waals surface area contributed by atoms with Crippen molar-refractivity contribution in [2.24, 2.45) is 5.73 Å². The molecule has 1 aromatic carbocycles. The molecule has 2 rings (SSSR count). The summed E-state index contributed by atoms with van der Waals surface area (Å²) in [5, 5.41) is 0. The fourth-order valence-corrected chi connectivity index (χ4v) is 2.40. The SMILES string of the molecule is CC.CCOC(=O)C(c1ccccc1)N1CCC(N)C1. The molecule has 4 nitrogen and oxygen atoms in total. The summed E-state index contributed by atoms with van der Waals surface area (Å²) in [5.41, 5.74) is 6.90. The molecule has 4 heteroatoms. The van der Waals surface area contributed by atoms with Gasteiger partial charge in [-0.15, -0.1) is 0 Å². The van der Waals surface area contributed by atoms with E-state index in [1.54, 1.807) is 0 Å². The van der Waals surface area contributed by atoms with Crippen molar-refractivity contribution in [1.29, 1.82) is 0 Å². The zero-order valence-electron chi connectivity index (χ0n) is 12.7. The van der Waals surface area contributed by atoms with Crippen LogP contribution in [-0.2, 0) is 9.53 Å². The van der Waals surface area contributed by atoms with Crippen LogP contribution in [0.2, 0.25) is 0 Å². The minimum atomic E-state index is -0.320. The lowest BCUT2D eigenvalue weighted by Gasteiger charge is -2.26. The summed E-state index contributed by atoms with van der Waals surface area (Å²) in [6, 6.07) is 9.60.